The first kappa shape index (κ1) is 8.51. The van der Waals surface area contributed by atoms with E-state index in [1.54, 1.807) is 12.1 Å². The highest BCUT2D eigenvalue weighted by Gasteiger charge is 2.19. The third-order valence-corrected chi connectivity index (χ3v) is 2.44. The van der Waals surface area contributed by atoms with Gasteiger partial charge in [0.2, 0.25) is 0 Å². The highest BCUT2D eigenvalue weighted by atomic mass is 19.1. The van der Waals surface area contributed by atoms with Crippen molar-refractivity contribution in [3.05, 3.63) is 29.6 Å². The maximum absolute atomic E-state index is 12.9. The van der Waals surface area contributed by atoms with Crippen molar-refractivity contribution in [1.29, 1.82) is 0 Å². The number of aromatic hydroxyl groups is 1. The molecule has 2 N–H and O–H groups in total. The molecule has 70 valence electrons. The van der Waals surface area contributed by atoms with Crippen molar-refractivity contribution in [2.24, 2.45) is 5.92 Å². The molecule has 0 bridgehead atoms. The van der Waals surface area contributed by atoms with Crippen molar-refractivity contribution >= 4 is 0 Å². The third kappa shape index (κ3) is 1.65. The second kappa shape index (κ2) is 3.34. The normalized spacial score (nSPS) is 17.0. The van der Waals surface area contributed by atoms with Gasteiger partial charge in [-0.3, -0.25) is 0 Å². The smallest absolute Gasteiger partial charge is 0.165 e. The highest BCUT2D eigenvalue weighted by Crippen LogP contribution is 2.24. The maximum atomic E-state index is 12.9. The second-order valence-corrected chi connectivity index (χ2v) is 3.48. The van der Waals surface area contributed by atoms with Crippen molar-refractivity contribution in [3.63, 3.8) is 0 Å². The Morgan fingerprint density at radius 1 is 1.46 bits per heavy atom. The van der Waals surface area contributed by atoms with E-state index in [-0.39, 0.29) is 5.75 Å². The highest BCUT2D eigenvalue weighted by molar-refractivity contribution is 5.34. The molecule has 1 aromatic rings. The van der Waals surface area contributed by atoms with Gasteiger partial charge in [0.1, 0.15) is 0 Å². The summed E-state index contributed by atoms with van der Waals surface area (Å²) in [4.78, 5) is 0. The molecule has 0 radical (unpaired) electrons. The van der Waals surface area contributed by atoms with Crippen LogP contribution in [-0.4, -0.2) is 18.2 Å². The predicted octanol–water partition coefficient (Wildman–Crippen LogP) is 1.29. The third-order valence-electron chi connectivity index (χ3n) is 2.44. The van der Waals surface area contributed by atoms with Crippen molar-refractivity contribution in [2.45, 2.75) is 6.42 Å². The summed E-state index contributed by atoms with van der Waals surface area (Å²) in [7, 11) is 0. The fourth-order valence-electron chi connectivity index (χ4n) is 1.53. The van der Waals surface area contributed by atoms with Gasteiger partial charge >= 0.3 is 0 Å². The van der Waals surface area contributed by atoms with E-state index < -0.39 is 5.82 Å². The van der Waals surface area contributed by atoms with Gasteiger partial charge in [-0.1, -0.05) is 12.1 Å². The summed E-state index contributed by atoms with van der Waals surface area (Å²) >= 11 is 0. The van der Waals surface area contributed by atoms with Gasteiger partial charge in [0.25, 0.3) is 0 Å². The first-order valence-corrected chi connectivity index (χ1v) is 4.44. The van der Waals surface area contributed by atoms with E-state index in [9.17, 15) is 9.50 Å². The summed E-state index contributed by atoms with van der Waals surface area (Å²) in [6.07, 6.45) is 0.761. The summed E-state index contributed by atoms with van der Waals surface area (Å²) in [5, 5.41) is 12.5. The lowest BCUT2D eigenvalue weighted by atomic mass is 9.94. The minimum Gasteiger partial charge on any atom is -0.505 e. The van der Waals surface area contributed by atoms with Crippen LogP contribution in [0.5, 0.6) is 5.75 Å². The molecule has 3 heteroatoms. The fourth-order valence-corrected chi connectivity index (χ4v) is 1.53. The van der Waals surface area contributed by atoms with E-state index >= 15 is 0 Å². The van der Waals surface area contributed by atoms with Crippen molar-refractivity contribution < 1.29 is 9.50 Å². The molecule has 13 heavy (non-hydrogen) atoms. The Morgan fingerprint density at radius 2 is 2.23 bits per heavy atom. The van der Waals surface area contributed by atoms with Gasteiger partial charge in [-0.05, 0) is 37.1 Å². The van der Waals surface area contributed by atoms with Crippen LogP contribution in [-0.2, 0) is 6.42 Å². The van der Waals surface area contributed by atoms with Crippen LogP contribution < -0.4 is 5.32 Å². The molecule has 1 heterocycles. The molecule has 1 saturated heterocycles. The van der Waals surface area contributed by atoms with Crippen LogP contribution in [0.25, 0.3) is 0 Å². The zero-order valence-corrected chi connectivity index (χ0v) is 7.26. The molecule has 0 aromatic heterocycles. The molecule has 0 aliphatic carbocycles. The molecule has 0 saturated carbocycles. The summed E-state index contributed by atoms with van der Waals surface area (Å²) in [6.45, 7) is 1.94. The molecule has 2 rings (SSSR count). The van der Waals surface area contributed by atoms with Crippen LogP contribution in [0.1, 0.15) is 5.56 Å². The van der Waals surface area contributed by atoms with E-state index in [1.807, 2.05) is 0 Å². The Kier molecular flexibility index (Phi) is 2.19. The number of phenolic OH excluding ortho intramolecular Hbond substituents is 1. The molecular weight excluding hydrogens is 169 g/mol. The topological polar surface area (TPSA) is 32.3 Å². The largest absolute Gasteiger partial charge is 0.505 e. The molecule has 0 unspecified atom stereocenters. The SMILES string of the molecule is Oc1c(F)cccc1CC1CNC1. The van der Waals surface area contributed by atoms with Gasteiger partial charge in [0, 0.05) is 0 Å². The Labute approximate surface area is 76.4 Å². The average Bonchev–Trinajstić information content (AvgIpc) is 2.04. The standard InChI is InChI=1S/C10H12FNO/c11-9-3-1-2-8(10(9)13)4-7-5-12-6-7/h1-3,7,12-13H,4-6H2. The van der Waals surface area contributed by atoms with Gasteiger partial charge < -0.3 is 10.4 Å². The molecule has 2 nitrogen and oxygen atoms in total. The average molecular weight is 181 g/mol. The summed E-state index contributed by atoms with van der Waals surface area (Å²) in [6, 6.07) is 4.69. The lowest BCUT2D eigenvalue weighted by molar-refractivity contribution is 0.338. The number of benzene rings is 1. The first-order chi connectivity index (χ1) is 6.27. The Balaban J connectivity index is 2.14. The number of hydrogen-bond acceptors (Lipinski definition) is 2. The van der Waals surface area contributed by atoms with Crippen LogP contribution >= 0.6 is 0 Å². The number of halogens is 1. The predicted molar refractivity (Wildman–Crippen MR) is 48.1 cm³/mol. The van der Waals surface area contributed by atoms with Crippen LogP contribution in [0.2, 0.25) is 0 Å². The summed E-state index contributed by atoms with van der Waals surface area (Å²) in [5.74, 6) is -0.160. The van der Waals surface area contributed by atoms with E-state index in [0.29, 0.717) is 11.5 Å². The van der Waals surface area contributed by atoms with E-state index in [0.717, 1.165) is 19.5 Å². The monoisotopic (exact) mass is 181 g/mol. The molecule has 1 aliphatic heterocycles. The van der Waals surface area contributed by atoms with Gasteiger partial charge in [-0.2, -0.15) is 0 Å². The second-order valence-electron chi connectivity index (χ2n) is 3.48. The molecule has 0 amide bonds. The number of phenols is 1. The lowest BCUT2D eigenvalue weighted by Gasteiger charge is -2.27. The maximum Gasteiger partial charge on any atom is 0.165 e. The van der Waals surface area contributed by atoms with Gasteiger partial charge in [-0.15, -0.1) is 0 Å². The summed E-state index contributed by atoms with van der Waals surface area (Å²) in [5.41, 5.74) is 0.714. The molecular formula is C10H12FNO. The quantitative estimate of drug-likeness (QED) is 0.720. The molecule has 0 atom stereocenters. The number of para-hydroxylation sites is 1. The van der Waals surface area contributed by atoms with E-state index in [4.69, 9.17) is 0 Å². The Morgan fingerprint density at radius 3 is 2.85 bits per heavy atom. The van der Waals surface area contributed by atoms with Crippen LogP contribution in [0.4, 0.5) is 4.39 Å². The number of hydrogen-bond donors (Lipinski definition) is 2. The number of rotatable bonds is 2. The Hall–Kier alpha value is -1.09. The van der Waals surface area contributed by atoms with Crippen LogP contribution in [0.15, 0.2) is 18.2 Å². The zero-order chi connectivity index (χ0) is 9.26. The van der Waals surface area contributed by atoms with Crippen molar-refractivity contribution in [1.82, 2.24) is 5.32 Å². The Bertz CT molecular complexity index is 310. The lowest BCUT2D eigenvalue weighted by Crippen LogP contribution is -2.43. The molecule has 1 aliphatic rings. The van der Waals surface area contributed by atoms with E-state index in [2.05, 4.69) is 5.32 Å². The fraction of sp³-hybridized carbons (Fsp3) is 0.400. The van der Waals surface area contributed by atoms with Crippen molar-refractivity contribution in [2.75, 3.05) is 13.1 Å². The van der Waals surface area contributed by atoms with Crippen LogP contribution in [0.3, 0.4) is 0 Å². The molecule has 0 spiro atoms. The molecule has 1 fully saturated rings. The van der Waals surface area contributed by atoms with E-state index in [1.165, 1.54) is 6.07 Å². The summed E-state index contributed by atoms with van der Waals surface area (Å²) < 4.78 is 12.9. The minimum absolute atomic E-state index is 0.186. The van der Waals surface area contributed by atoms with Crippen molar-refractivity contribution in [3.8, 4) is 5.75 Å². The number of nitrogens with one attached hydrogen (secondary N) is 1. The first-order valence-electron chi connectivity index (χ1n) is 4.44. The van der Waals surface area contributed by atoms with Gasteiger partial charge in [-0.25, -0.2) is 4.39 Å². The minimum atomic E-state index is -0.523. The molecule has 1 aromatic carbocycles. The van der Waals surface area contributed by atoms with Gasteiger partial charge in [0.15, 0.2) is 11.6 Å². The van der Waals surface area contributed by atoms with Gasteiger partial charge in [0.05, 0.1) is 0 Å². The van der Waals surface area contributed by atoms with Crippen LogP contribution in [0, 0.1) is 11.7 Å². The zero-order valence-electron chi connectivity index (χ0n) is 7.26.